The van der Waals surface area contributed by atoms with Crippen LogP contribution < -0.4 is 0 Å². The van der Waals surface area contributed by atoms with Crippen molar-refractivity contribution in [3.63, 3.8) is 0 Å². The van der Waals surface area contributed by atoms with E-state index in [4.69, 9.17) is 6.42 Å². The quantitative estimate of drug-likeness (QED) is 0.307. The SMILES string of the molecule is C#CC(C)(C)c1ccc(SSc2ccc(C(C)(C)C3=CC3)cc2)cc1. The molecule has 0 saturated carbocycles. The number of hydrogen-bond donors (Lipinski definition) is 0. The molecular weight excluding hydrogens is 340 g/mol. The molecule has 0 unspecified atom stereocenters. The van der Waals surface area contributed by atoms with Crippen LogP contribution in [-0.4, -0.2) is 0 Å². The number of allylic oxidation sites excluding steroid dienone is 2. The van der Waals surface area contributed by atoms with Gasteiger partial charge in [0, 0.05) is 15.2 Å². The molecule has 0 radical (unpaired) electrons. The Kier molecular flexibility index (Phi) is 5.09. The standard InChI is InChI=1S/C23H24S2/c1-6-22(2,3)17-9-13-20(14-10-17)24-25-21-15-11-19(12-16-21)23(4,5)18-7-8-18/h1,7,9-16H,8H2,2-5H3. The third kappa shape index (κ3) is 4.17. The van der Waals surface area contributed by atoms with Gasteiger partial charge in [0.15, 0.2) is 0 Å². The fourth-order valence-corrected chi connectivity index (χ4v) is 4.71. The Morgan fingerprint density at radius 1 is 0.800 bits per heavy atom. The molecule has 0 bridgehead atoms. The van der Waals surface area contributed by atoms with E-state index in [9.17, 15) is 0 Å². The largest absolute Gasteiger partial charge is 0.119 e. The van der Waals surface area contributed by atoms with Gasteiger partial charge in [-0.15, -0.1) is 6.42 Å². The minimum atomic E-state index is -0.212. The monoisotopic (exact) mass is 364 g/mol. The molecule has 0 fully saturated rings. The fourth-order valence-electron chi connectivity index (χ4n) is 2.78. The highest BCUT2D eigenvalue weighted by Crippen LogP contribution is 2.42. The molecule has 2 aromatic rings. The molecule has 0 nitrogen and oxygen atoms in total. The summed E-state index contributed by atoms with van der Waals surface area (Å²) in [6.45, 7) is 8.76. The average molecular weight is 365 g/mol. The summed E-state index contributed by atoms with van der Waals surface area (Å²) in [7, 11) is 3.58. The first-order chi connectivity index (χ1) is 11.8. The maximum absolute atomic E-state index is 5.61. The van der Waals surface area contributed by atoms with Crippen molar-refractivity contribution in [3.8, 4) is 12.3 Å². The van der Waals surface area contributed by atoms with Crippen molar-refractivity contribution >= 4 is 21.6 Å². The second-order valence-electron chi connectivity index (χ2n) is 7.54. The zero-order valence-corrected chi connectivity index (χ0v) is 16.9. The van der Waals surface area contributed by atoms with E-state index in [0.717, 1.165) is 0 Å². The zero-order valence-electron chi connectivity index (χ0n) is 15.3. The molecule has 0 aromatic heterocycles. The first kappa shape index (κ1) is 18.2. The van der Waals surface area contributed by atoms with Crippen molar-refractivity contribution in [3.05, 3.63) is 71.3 Å². The van der Waals surface area contributed by atoms with E-state index in [1.54, 1.807) is 27.2 Å². The maximum Gasteiger partial charge on any atom is 0.0504 e. The summed E-state index contributed by atoms with van der Waals surface area (Å²) >= 11 is 0. The third-order valence-electron chi connectivity index (χ3n) is 4.96. The Morgan fingerprint density at radius 2 is 1.24 bits per heavy atom. The minimum Gasteiger partial charge on any atom is -0.119 e. The molecule has 3 rings (SSSR count). The highest BCUT2D eigenvalue weighted by molar-refractivity contribution is 8.76. The van der Waals surface area contributed by atoms with Gasteiger partial charge in [-0.2, -0.15) is 0 Å². The molecule has 0 amide bonds. The van der Waals surface area contributed by atoms with Crippen LogP contribution in [0.4, 0.5) is 0 Å². The van der Waals surface area contributed by atoms with Crippen molar-refractivity contribution < 1.29 is 0 Å². The topological polar surface area (TPSA) is 0 Å². The smallest absolute Gasteiger partial charge is 0.0504 e. The molecule has 128 valence electrons. The summed E-state index contributed by atoms with van der Waals surface area (Å²) in [6, 6.07) is 17.6. The number of hydrogen-bond acceptors (Lipinski definition) is 2. The van der Waals surface area contributed by atoms with Crippen molar-refractivity contribution in [1.29, 1.82) is 0 Å². The van der Waals surface area contributed by atoms with Crippen LogP contribution in [-0.2, 0) is 10.8 Å². The Morgan fingerprint density at radius 3 is 1.64 bits per heavy atom. The molecule has 0 aliphatic heterocycles. The van der Waals surface area contributed by atoms with Crippen LogP contribution in [0.5, 0.6) is 0 Å². The molecule has 0 atom stereocenters. The van der Waals surface area contributed by atoms with Crippen LogP contribution >= 0.6 is 21.6 Å². The van der Waals surface area contributed by atoms with Crippen molar-refractivity contribution in [2.45, 2.75) is 54.7 Å². The summed E-state index contributed by atoms with van der Waals surface area (Å²) in [4.78, 5) is 2.52. The first-order valence-electron chi connectivity index (χ1n) is 8.56. The molecule has 25 heavy (non-hydrogen) atoms. The molecular formula is C23H24S2. The number of benzene rings is 2. The van der Waals surface area contributed by atoms with Crippen molar-refractivity contribution in [2.75, 3.05) is 0 Å². The average Bonchev–Trinajstić information content (AvgIpc) is 3.46. The second kappa shape index (κ2) is 6.98. The van der Waals surface area contributed by atoms with E-state index in [2.05, 4.69) is 88.2 Å². The van der Waals surface area contributed by atoms with E-state index < -0.39 is 0 Å². The van der Waals surface area contributed by atoms with Gasteiger partial charge in [-0.3, -0.25) is 0 Å². The van der Waals surface area contributed by atoms with Gasteiger partial charge in [0.05, 0.1) is 5.41 Å². The van der Waals surface area contributed by atoms with Crippen molar-refractivity contribution in [2.24, 2.45) is 0 Å². The molecule has 0 saturated heterocycles. The Labute approximate surface area is 159 Å². The van der Waals surface area contributed by atoms with Crippen LogP contribution in [0.1, 0.15) is 45.2 Å². The maximum atomic E-state index is 5.61. The van der Waals surface area contributed by atoms with Crippen LogP contribution in [0.25, 0.3) is 0 Å². The Balaban J connectivity index is 1.62. The van der Waals surface area contributed by atoms with E-state index in [0.29, 0.717) is 0 Å². The van der Waals surface area contributed by atoms with Gasteiger partial charge in [-0.05, 0) is 55.7 Å². The summed E-state index contributed by atoms with van der Waals surface area (Å²) in [6.07, 6.45) is 9.11. The van der Waals surface area contributed by atoms with Crippen LogP contribution in [0.2, 0.25) is 0 Å². The molecule has 2 heteroatoms. The van der Waals surface area contributed by atoms with E-state index in [1.807, 2.05) is 0 Å². The van der Waals surface area contributed by atoms with E-state index >= 15 is 0 Å². The lowest BCUT2D eigenvalue weighted by Crippen LogP contribution is -2.15. The summed E-state index contributed by atoms with van der Waals surface area (Å²) in [5.41, 5.74) is 4.10. The fraction of sp³-hybridized carbons (Fsp3) is 0.304. The van der Waals surface area contributed by atoms with Gasteiger partial charge >= 0.3 is 0 Å². The van der Waals surface area contributed by atoms with Gasteiger partial charge in [-0.25, -0.2) is 0 Å². The minimum absolute atomic E-state index is 0.177. The number of terminal acetylenes is 1. The lowest BCUT2D eigenvalue weighted by molar-refractivity contribution is 0.641. The first-order valence-corrected chi connectivity index (χ1v) is 10.7. The van der Waals surface area contributed by atoms with Crippen LogP contribution in [0.15, 0.2) is 70.0 Å². The Hall–Kier alpha value is -1.56. The third-order valence-corrected chi connectivity index (χ3v) is 7.38. The molecule has 1 aliphatic carbocycles. The lowest BCUT2D eigenvalue weighted by atomic mass is 9.82. The van der Waals surface area contributed by atoms with Gasteiger partial charge < -0.3 is 0 Å². The molecule has 0 spiro atoms. The van der Waals surface area contributed by atoms with E-state index in [-0.39, 0.29) is 10.8 Å². The summed E-state index contributed by atoms with van der Waals surface area (Å²) in [5.74, 6) is 2.85. The molecule has 2 aromatic carbocycles. The predicted molar refractivity (Wildman–Crippen MR) is 112 cm³/mol. The summed E-state index contributed by atoms with van der Waals surface area (Å²) in [5, 5.41) is 0. The lowest BCUT2D eigenvalue weighted by Gasteiger charge is -2.22. The van der Waals surface area contributed by atoms with Gasteiger partial charge in [0.25, 0.3) is 0 Å². The van der Waals surface area contributed by atoms with Crippen molar-refractivity contribution in [1.82, 2.24) is 0 Å². The van der Waals surface area contributed by atoms with Gasteiger partial charge in [-0.1, -0.05) is 77.3 Å². The molecule has 0 heterocycles. The summed E-state index contributed by atoms with van der Waals surface area (Å²) < 4.78 is 0. The molecule has 1 aliphatic rings. The molecule has 0 N–H and O–H groups in total. The zero-order chi connectivity index (χ0) is 18.1. The van der Waals surface area contributed by atoms with E-state index in [1.165, 1.54) is 27.3 Å². The predicted octanol–water partition coefficient (Wildman–Crippen LogP) is 7.00. The van der Waals surface area contributed by atoms with Crippen LogP contribution in [0.3, 0.4) is 0 Å². The second-order valence-corrected chi connectivity index (χ2v) is 9.82. The van der Waals surface area contributed by atoms with Gasteiger partial charge in [0.1, 0.15) is 0 Å². The highest BCUT2D eigenvalue weighted by atomic mass is 33.1. The van der Waals surface area contributed by atoms with Crippen LogP contribution in [0, 0.1) is 12.3 Å². The highest BCUT2D eigenvalue weighted by Gasteiger charge is 2.29. The van der Waals surface area contributed by atoms with Gasteiger partial charge in [0.2, 0.25) is 0 Å². The Bertz CT molecular complexity index is 816. The normalized spacial score (nSPS) is 14.0. The number of rotatable bonds is 6.